The molecule has 0 aromatic heterocycles. The van der Waals surface area contributed by atoms with Crippen molar-refractivity contribution in [1.29, 1.82) is 0 Å². The first-order chi connectivity index (χ1) is 13.3. The maximum Gasteiger partial charge on any atom is 0.312 e. The normalized spacial score (nSPS) is 20.9. The molecule has 2 amide bonds. The Morgan fingerprint density at radius 2 is 1.79 bits per heavy atom. The van der Waals surface area contributed by atoms with Gasteiger partial charge < -0.3 is 15.0 Å². The van der Waals surface area contributed by atoms with Gasteiger partial charge in [-0.25, -0.2) is 0 Å². The van der Waals surface area contributed by atoms with Gasteiger partial charge in [-0.3, -0.25) is 19.2 Å². The molecule has 1 saturated heterocycles. The number of amides is 2. The third kappa shape index (κ3) is 4.58. The molecule has 1 N–H and O–H groups in total. The maximum absolute atomic E-state index is 12.4. The highest BCUT2D eigenvalue weighted by Crippen LogP contribution is 2.30. The highest BCUT2D eigenvalue weighted by molar-refractivity contribution is 5.97. The number of rotatable bonds is 6. The van der Waals surface area contributed by atoms with E-state index in [1.165, 1.54) is 13.8 Å². The molecule has 1 heterocycles. The van der Waals surface area contributed by atoms with Crippen molar-refractivity contribution in [3.63, 3.8) is 0 Å². The number of nitrogens with one attached hydrogen (secondary N) is 1. The van der Waals surface area contributed by atoms with E-state index in [2.05, 4.69) is 5.32 Å². The quantitative estimate of drug-likeness (QED) is 0.599. The van der Waals surface area contributed by atoms with Gasteiger partial charge in [-0.15, -0.1) is 0 Å². The van der Waals surface area contributed by atoms with Crippen LogP contribution in [0.4, 0.5) is 5.69 Å². The number of esters is 1. The molecule has 7 nitrogen and oxygen atoms in total. The number of hydrogen-bond acceptors (Lipinski definition) is 5. The molecule has 28 heavy (non-hydrogen) atoms. The predicted molar refractivity (Wildman–Crippen MR) is 103 cm³/mol. The summed E-state index contributed by atoms with van der Waals surface area (Å²) in [7, 11) is 0. The lowest BCUT2D eigenvalue weighted by molar-refractivity contribution is -0.157. The summed E-state index contributed by atoms with van der Waals surface area (Å²) >= 11 is 0. The van der Waals surface area contributed by atoms with Crippen LogP contribution in [0.2, 0.25) is 0 Å². The van der Waals surface area contributed by atoms with Crippen LogP contribution in [-0.2, 0) is 19.1 Å². The number of carbonyl (C=O) groups is 4. The summed E-state index contributed by atoms with van der Waals surface area (Å²) < 4.78 is 5.31. The number of hydrogen-bond donors (Lipinski definition) is 1. The second kappa shape index (κ2) is 8.54. The van der Waals surface area contributed by atoms with Gasteiger partial charge in [0.05, 0.1) is 5.92 Å². The highest BCUT2D eigenvalue weighted by atomic mass is 16.5. The lowest BCUT2D eigenvalue weighted by Crippen LogP contribution is -2.36. The van der Waals surface area contributed by atoms with Crippen molar-refractivity contribution < 1.29 is 23.9 Å². The van der Waals surface area contributed by atoms with Gasteiger partial charge in [0.25, 0.3) is 5.91 Å². The molecule has 3 rings (SSSR count). The number of anilines is 1. The Labute approximate surface area is 164 Å². The Bertz CT molecular complexity index is 768. The number of nitrogens with zero attached hydrogens (tertiary/aromatic N) is 1. The van der Waals surface area contributed by atoms with Crippen LogP contribution in [0, 0.1) is 5.92 Å². The Kier molecular flexibility index (Phi) is 6.11. The minimum atomic E-state index is -0.976. The average molecular weight is 386 g/mol. The SMILES string of the molecule is CC(=O)c1ccc(NC(=O)[C@@H](C)OC(=O)[C@@H]2CC(=O)N(C3CCCC3)C2)cc1. The summed E-state index contributed by atoms with van der Waals surface area (Å²) in [4.78, 5) is 50.0. The Morgan fingerprint density at radius 3 is 2.39 bits per heavy atom. The number of Topliss-reactive ketones (excluding diaryl/α,β-unsaturated/α-hetero) is 1. The Balaban J connectivity index is 1.51. The third-order valence-corrected chi connectivity index (χ3v) is 5.48. The summed E-state index contributed by atoms with van der Waals surface area (Å²) in [6, 6.07) is 6.73. The molecule has 0 spiro atoms. The van der Waals surface area contributed by atoms with Crippen molar-refractivity contribution in [2.75, 3.05) is 11.9 Å². The van der Waals surface area contributed by atoms with Crippen molar-refractivity contribution in [2.24, 2.45) is 5.92 Å². The molecule has 150 valence electrons. The summed E-state index contributed by atoms with van der Waals surface area (Å²) in [6.45, 7) is 3.35. The second-order valence-electron chi connectivity index (χ2n) is 7.59. The molecule has 1 saturated carbocycles. The molecule has 2 aliphatic rings. The largest absolute Gasteiger partial charge is 0.452 e. The fourth-order valence-electron chi connectivity index (χ4n) is 3.81. The first-order valence-corrected chi connectivity index (χ1v) is 9.77. The minimum Gasteiger partial charge on any atom is -0.452 e. The van der Waals surface area contributed by atoms with Crippen LogP contribution in [0.5, 0.6) is 0 Å². The van der Waals surface area contributed by atoms with Gasteiger partial charge >= 0.3 is 5.97 Å². The van der Waals surface area contributed by atoms with E-state index in [9.17, 15) is 19.2 Å². The van der Waals surface area contributed by atoms with Crippen LogP contribution in [-0.4, -0.2) is 47.2 Å². The van der Waals surface area contributed by atoms with Gasteiger partial charge in [-0.05, 0) is 51.0 Å². The van der Waals surface area contributed by atoms with Crippen molar-refractivity contribution in [2.45, 2.75) is 58.1 Å². The molecule has 2 atom stereocenters. The number of carbonyl (C=O) groups excluding carboxylic acids is 4. The summed E-state index contributed by atoms with van der Waals surface area (Å²) in [6.07, 6.45) is 3.40. The van der Waals surface area contributed by atoms with E-state index in [1.807, 2.05) is 0 Å². The zero-order valence-corrected chi connectivity index (χ0v) is 16.3. The fourth-order valence-corrected chi connectivity index (χ4v) is 3.81. The molecule has 0 unspecified atom stereocenters. The van der Waals surface area contributed by atoms with E-state index in [0.717, 1.165) is 25.7 Å². The van der Waals surface area contributed by atoms with Crippen LogP contribution in [0.3, 0.4) is 0 Å². The van der Waals surface area contributed by atoms with Crippen molar-refractivity contribution in [3.05, 3.63) is 29.8 Å². The van der Waals surface area contributed by atoms with Crippen molar-refractivity contribution >= 4 is 29.3 Å². The molecule has 1 aliphatic heterocycles. The van der Waals surface area contributed by atoms with Gasteiger partial charge in [-0.2, -0.15) is 0 Å². The third-order valence-electron chi connectivity index (χ3n) is 5.48. The number of ether oxygens (including phenoxy) is 1. The minimum absolute atomic E-state index is 0.00323. The summed E-state index contributed by atoms with van der Waals surface area (Å²) in [5.74, 6) is -1.54. The zero-order chi connectivity index (χ0) is 20.3. The van der Waals surface area contributed by atoms with Gasteiger partial charge in [0, 0.05) is 30.3 Å². The summed E-state index contributed by atoms with van der Waals surface area (Å²) in [5, 5.41) is 2.66. The van der Waals surface area contributed by atoms with Gasteiger partial charge in [0.1, 0.15) is 0 Å². The number of likely N-dealkylation sites (tertiary alicyclic amines) is 1. The smallest absolute Gasteiger partial charge is 0.312 e. The zero-order valence-electron chi connectivity index (χ0n) is 16.3. The molecular formula is C21H26N2O5. The topological polar surface area (TPSA) is 92.8 Å². The van der Waals surface area contributed by atoms with E-state index in [0.29, 0.717) is 17.8 Å². The molecule has 1 aromatic carbocycles. The first-order valence-electron chi connectivity index (χ1n) is 9.77. The monoisotopic (exact) mass is 386 g/mol. The first kappa shape index (κ1) is 20.0. The lowest BCUT2D eigenvalue weighted by Gasteiger charge is -2.24. The fraction of sp³-hybridized carbons (Fsp3) is 0.524. The van der Waals surface area contributed by atoms with Crippen LogP contribution < -0.4 is 5.32 Å². The summed E-state index contributed by atoms with van der Waals surface area (Å²) in [5.41, 5.74) is 1.07. The van der Waals surface area contributed by atoms with Gasteiger partial charge in [0.15, 0.2) is 11.9 Å². The number of benzene rings is 1. The molecule has 1 aromatic rings. The molecule has 2 fully saturated rings. The average Bonchev–Trinajstić information content (AvgIpc) is 3.31. The second-order valence-corrected chi connectivity index (χ2v) is 7.59. The lowest BCUT2D eigenvalue weighted by atomic mass is 10.1. The van der Waals surface area contributed by atoms with Crippen LogP contribution in [0.25, 0.3) is 0 Å². The van der Waals surface area contributed by atoms with Crippen molar-refractivity contribution in [3.8, 4) is 0 Å². The predicted octanol–water partition coefficient (Wildman–Crippen LogP) is 2.55. The van der Waals surface area contributed by atoms with Crippen LogP contribution >= 0.6 is 0 Å². The molecule has 1 aliphatic carbocycles. The highest BCUT2D eigenvalue weighted by Gasteiger charge is 2.40. The Morgan fingerprint density at radius 1 is 1.14 bits per heavy atom. The standard InChI is InChI=1S/C21H26N2O5/c1-13(24)15-7-9-17(10-8-15)22-20(26)14(2)28-21(27)16-11-19(25)23(12-16)18-5-3-4-6-18/h7-10,14,16,18H,3-6,11-12H2,1-2H3,(H,22,26)/t14-,16-/m1/s1. The van der Waals surface area contributed by atoms with Crippen LogP contribution in [0.15, 0.2) is 24.3 Å². The Hall–Kier alpha value is -2.70. The van der Waals surface area contributed by atoms with Crippen LogP contribution in [0.1, 0.15) is 56.3 Å². The van der Waals surface area contributed by atoms with E-state index >= 15 is 0 Å². The van der Waals surface area contributed by atoms with Gasteiger partial charge in [-0.1, -0.05) is 12.8 Å². The van der Waals surface area contributed by atoms with E-state index in [4.69, 9.17) is 4.74 Å². The molecule has 0 bridgehead atoms. The van der Waals surface area contributed by atoms with Crippen molar-refractivity contribution in [1.82, 2.24) is 4.90 Å². The molecule has 7 heteroatoms. The van der Waals surface area contributed by atoms with E-state index < -0.39 is 23.9 Å². The molecule has 0 radical (unpaired) electrons. The van der Waals surface area contributed by atoms with Gasteiger partial charge in [0.2, 0.25) is 5.91 Å². The number of ketones is 1. The molecular weight excluding hydrogens is 360 g/mol. The maximum atomic E-state index is 12.4. The van der Waals surface area contributed by atoms with E-state index in [-0.39, 0.29) is 24.2 Å². The van der Waals surface area contributed by atoms with E-state index in [1.54, 1.807) is 29.2 Å².